The number of fused-ring (bicyclic) bond motifs is 1. The first-order chi connectivity index (χ1) is 14.3. The smallest absolute Gasteiger partial charge is 0.169 e. The lowest BCUT2D eigenvalue weighted by Gasteiger charge is -2.11. The van der Waals surface area contributed by atoms with Gasteiger partial charge in [0.05, 0.1) is 10.9 Å². The minimum Gasteiger partial charge on any atom is -0.229 e. The molecule has 29 heavy (non-hydrogen) atoms. The van der Waals surface area contributed by atoms with E-state index in [0.717, 1.165) is 26.8 Å². The van der Waals surface area contributed by atoms with Crippen LogP contribution in [0.15, 0.2) is 78.1 Å². The van der Waals surface area contributed by atoms with Crippen molar-refractivity contribution in [2.24, 2.45) is 0 Å². The third-order valence-electron chi connectivity index (χ3n) is 4.50. The number of tetrazole rings is 1. The van der Waals surface area contributed by atoms with Gasteiger partial charge < -0.3 is 0 Å². The van der Waals surface area contributed by atoms with Crippen molar-refractivity contribution < 1.29 is 0 Å². The van der Waals surface area contributed by atoms with E-state index in [1.807, 2.05) is 48.5 Å². The Balaban J connectivity index is 1.48. The molecule has 0 amide bonds. The molecule has 0 spiro atoms. The molecule has 0 radical (unpaired) electrons. The van der Waals surface area contributed by atoms with E-state index in [1.54, 1.807) is 34.1 Å². The summed E-state index contributed by atoms with van der Waals surface area (Å²) in [6, 6.07) is 22.4. The van der Waals surface area contributed by atoms with Crippen molar-refractivity contribution in [3.63, 3.8) is 0 Å². The van der Waals surface area contributed by atoms with Gasteiger partial charge in [0.15, 0.2) is 5.82 Å². The van der Waals surface area contributed by atoms with Crippen LogP contribution >= 0.6 is 23.1 Å². The maximum absolute atomic E-state index is 4.55. The second kappa shape index (κ2) is 7.73. The molecular formula is C21H16N6S2. The first-order valence-corrected chi connectivity index (χ1v) is 10.8. The van der Waals surface area contributed by atoms with Gasteiger partial charge in [-0.2, -0.15) is 4.68 Å². The van der Waals surface area contributed by atoms with Crippen LogP contribution in [0.1, 0.15) is 18.0 Å². The number of hydrogen-bond acceptors (Lipinski definition) is 7. The van der Waals surface area contributed by atoms with Gasteiger partial charge in [0.2, 0.25) is 0 Å². The Morgan fingerprint density at radius 3 is 2.52 bits per heavy atom. The number of aromatic nitrogens is 6. The predicted molar refractivity (Wildman–Crippen MR) is 116 cm³/mol. The molecule has 5 aromatic rings. The first kappa shape index (κ1) is 18.0. The fraction of sp³-hybridized carbons (Fsp3) is 0.0952. The van der Waals surface area contributed by atoms with Crippen LogP contribution in [0.3, 0.4) is 0 Å². The second-order valence-corrected chi connectivity index (χ2v) is 8.78. The number of rotatable bonds is 5. The van der Waals surface area contributed by atoms with Gasteiger partial charge in [-0.1, -0.05) is 60.3 Å². The molecule has 8 heteroatoms. The summed E-state index contributed by atoms with van der Waals surface area (Å²) in [5.41, 5.74) is 2.13. The van der Waals surface area contributed by atoms with Crippen LogP contribution in [0.4, 0.5) is 0 Å². The third-order valence-corrected chi connectivity index (χ3v) is 6.70. The summed E-state index contributed by atoms with van der Waals surface area (Å²) in [4.78, 5) is 11.2. The summed E-state index contributed by atoms with van der Waals surface area (Å²) in [6.07, 6.45) is 1.63. The summed E-state index contributed by atoms with van der Waals surface area (Å²) in [6.45, 7) is 2.09. The number of thiophene rings is 1. The largest absolute Gasteiger partial charge is 0.229 e. The van der Waals surface area contributed by atoms with Gasteiger partial charge in [0, 0.05) is 10.3 Å². The molecule has 1 unspecified atom stereocenters. The van der Waals surface area contributed by atoms with Crippen LogP contribution in [0.2, 0.25) is 0 Å². The molecule has 0 fully saturated rings. The van der Waals surface area contributed by atoms with E-state index in [-0.39, 0.29) is 5.25 Å². The van der Waals surface area contributed by atoms with Crippen molar-refractivity contribution in [3.8, 4) is 16.1 Å². The highest BCUT2D eigenvalue weighted by Gasteiger charge is 2.20. The molecule has 0 bridgehead atoms. The highest BCUT2D eigenvalue weighted by Crippen LogP contribution is 2.40. The summed E-state index contributed by atoms with van der Waals surface area (Å²) in [5, 5.41) is 14.3. The zero-order chi connectivity index (χ0) is 19.6. The maximum atomic E-state index is 4.55. The fourth-order valence-corrected chi connectivity index (χ4v) is 5.14. The standard InChI is InChI=1S/C21H16N6S2/c1-14(19-24-25-26-27(19)16-10-6-3-7-11-16)28-20-17-12-18(15-8-4-2-5-9-15)29-21(17)23-13-22-20/h2-14H,1H3. The van der Waals surface area contributed by atoms with E-state index in [4.69, 9.17) is 0 Å². The lowest BCUT2D eigenvalue weighted by molar-refractivity contribution is 0.762. The Morgan fingerprint density at radius 2 is 1.72 bits per heavy atom. The highest BCUT2D eigenvalue weighted by molar-refractivity contribution is 7.99. The quantitative estimate of drug-likeness (QED) is 0.290. The fourth-order valence-electron chi connectivity index (χ4n) is 3.09. The second-order valence-electron chi connectivity index (χ2n) is 6.42. The number of nitrogens with zero attached hydrogens (tertiary/aromatic N) is 6. The third kappa shape index (κ3) is 3.52. The Labute approximate surface area is 175 Å². The number of para-hydroxylation sites is 1. The number of hydrogen-bond donors (Lipinski definition) is 0. The number of thioether (sulfide) groups is 1. The monoisotopic (exact) mass is 416 g/mol. The minimum atomic E-state index is 0.0170. The molecule has 5 rings (SSSR count). The van der Waals surface area contributed by atoms with E-state index in [2.05, 4.69) is 50.6 Å². The lowest BCUT2D eigenvalue weighted by atomic mass is 10.2. The van der Waals surface area contributed by atoms with Crippen molar-refractivity contribution in [1.82, 2.24) is 30.2 Å². The molecule has 0 aliphatic heterocycles. The Bertz CT molecular complexity index is 1250. The van der Waals surface area contributed by atoms with Crippen LogP contribution in [-0.4, -0.2) is 30.2 Å². The lowest BCUT2D eigenvalue weighted by Crippen LogP contribution is -2.05. The summed E-state index contributed by atoms with van der Waals surface area (Å²) in [7, 11) is 0. The van der Waals surface area contributed by atoms with Crippen LogP contribution in [0.25, 0.3) is 26.3 Å². The van der Waals surface area contributed by atoms with Crippen LogP contribution in [-0.2, 0) is 0 Å². The summed E-state index contributed by atoms with van der Waals surface area (Å²) in [5.74, 6) is 0.784. The first-order valence-electron chi connectivity index (χ1n) is 9.10. The molecular weight excluding hydrogens is 400 g/mol. The van der Waals surface area contributed by atoms with Gasteiger partial charge in [-0.05, 0) is 41.1 Å². The van der Waals surface area contributed by atoms with Crippen molar-refractivity contribution >= 4 is 33.3 Å². The van der Waals surface area contributed by atoms with Crippen LogP contribution in [0, 0.1) is 0 Å². The van der Waals surface area contributed by atoms with E-state index >= 15 is 0 Å². The van der Waals surface area contributed by atoms with E-state index < -0.39 is 0 Å². The van der Waals surface area contributed by atoms with Gasteiger partial charge >= 0.3 is 0 Å². The molecule has 0 saturated carbocycles. The topological polar surface area (TPSA) is 69.4 Å². The molecule has 6 nitrogen and oxygen atoms in total. The zero-order valence-electron chi connectivity index (χ0n) is 15.5. The normalized spacial score (nSPS) is 12.3. The van der Waals surface area contributed by atoms with E-state index in [0.29, 0.717) is 0 Å². The highest BCUT2D eigenvalue weighted by atomic mass is 32.2. The molecule has 2 aromatic carbocycles. The number of benzene rings is 2. The minimum absolute atomic E-state index is 0.0170. The van der Waals surface area contributed by atoms with Crippen molar-refractivity contribution in [2.75, 3.05) is 0 Å². The molecule has 3 heterocycles. The molecule has 3 aromatic heterocycles. The summed E-state index contributed by atoms with van der Waals surface area (Å²) < 4.78 is 1.78. The van der Waals surface area contributed by atoms with Crippen LogP contribution < -0.4 is 0 Å². The zero-order valence-corrected chi connectivity index (χ0v) is 17.1. The molecule has 142 valence electrons. The van der Waals surface area contributed by atoms with Crippen molar-refractivity contribution in [2.45, 2.75) is 17.2 Å². The Morgan fingerprint density at radius 1 is 0.966 bits per heavy atom. The average molecular weight is 417 g/mol. The summed E-state index contributed by atoms with van der Waals surface area (Å²) >= 11 is 3.32. The Hall–Kier alpha value is -3.10. The maximum Gasteiger partial charge on any atom is 0.169 e. The van der Waals surface area contributed by atoms with Gasteiger partial charge in [0.1, 0.15) is 16.2 Å². The van der Waals surface area contributed by atoms with E-state index in [9.17, 15) is 0 Å². The molecule has 1 atom stereocenters. The SMILES string of the molecule is CC(Sc1ncnc2sc(-c3ccccc3)cc12)c1nnnn1-c1ccccc1. The molecule has 0 aliphatic rings. The molecule has 0 N–H and O–H groups in total. The van der Waals surface area contributed by atoms with Crippen molar-refractivity contribution in [1.29, 1.82) is 0 Å². The van der Waals surface area contributed by atoms with E-state index in [1.165, 1.54) is 10.4 Å². The van der Waals surface area contributed by atoms with Gasteiger partial charge in [-0.15, -0.1) is 16.4 Å². The van der Waals surface area contributed by atoms with Crippen LogP contribution in [0.5, 0.6) is 0 Å². The van der Waals surface area contributed by atoms with Gasteiger partial charge in [-0.25, -0.2) is 9.97 Å². The van der Waals surface area contributed by atoms with Gasteiger partial charge in [0.25, 0.3) is 0 Å². The average Bonchev–Trinajstić information content (AvgIpc) is 3.43. The van der Waals surface area contributed by atoms with Crippen molar-refractivity contribution in [3.05, 3.63) is 78.9 Å². The predicted octanol–water partition coefficient (Wildman–Crippen LogP) is 5.19. The Kier molecular flexibility index (Phi) is 4.79. The molecule has 0 aliphatic carbocycles. The molecule has 0 saturated heterocycles. The van der Waals surface area contributed by atoms with Gasteiger partial charge in [-0.3, -0.25) is 0 Å².